The molecule has 2 amide bonds. The van der Waals surface area contributed by atoms with Gasteiger partial charge in [0.1, 0.15) is 5.82 Å². The monoisotopic (exact) mass is 445 g/mol. The van der Waals surface area contributed by atoms with Gasteiger partial charge in [0.15, 0.2) is 0 Å². The Morgan fingerprint density at radius 3 is 2.30 bits per heavy atom. The Hall–Kier alpha value is -3.51. The number of nitrogens with zero attached hydrogens (tertiary/aromatic N) is 1. The first-order valence-corrected chi connectivity index (χ1v) is 11.3. The van der Waals surface area contributed by atoms with E-state index in [1.54, 1.807) is 12.1 Å². The van der Waals surface area contributed by atoms with E-state index in [1.807, 2.05) is 53.4 Å². The lowest BCUT2D eigenvalue weighted by atomic mass is 9.90. The van der Waals surface area contributed by atoms with Gasteiger partial charge in [0.2, 0.25) is 0 Å². The summed E-state index contributed by atoms with van der Waals surface area (Å²) in [4.78, 5) is 27.8. The van der Waals surface area contributed by atoms with Crippen molar-refractivity contribution in [3.63, 3.8) is 0 Å². The zero-order valence-corrected chi connectivity index (χ0v) is 18.4. The summed E-state index contributed by atoms with van der Waals surface area (Å²) in [6.07, 6.45) is 3.53. The topological polar surface area (TPSA) is 75.4 Å². The molecule has 1 aliphatic carbocycles. The number of anilines is 1. The number of halogens is 1. The first-order valence-electron chi connectivity index (χ1n) is 11.3. The van der Waals surface area contributed by atoms with Crippen molar-refractivity contribution in [3.05, 3.63) is 101 Å². The van der Waals surface area contributed by atoms with Crippen molar-refractivity contribution >= 4 is 17.5 Å². The summed E-state index contributed by atoms with van der Waals surface area (Å²) in [7, 11) is 0. The van der Waals surface area contributed by atoms with Crippen molar-refractivity contribution in [2.45, 2.75) is 44.3 Å². The Labute approximate surface area is 193 Å². The first-order chi connectivity index (χ1) is 16.0. The van der Waals surface area contributed by atoms with Gasteiger partial charge in [-0.3, -0.25) is 9.59 Å². The number of hydrogen-bond acceptors (Lipinski definition) is 3. The Morgan fingerprint density at radius 2 is 1.58 bits per heavy atom. The van der Waals surface area contributed by atoms with Crippen LogP contribution >= 0.6 is 0 Å². The zero-order chi connectivity index (χ0) is 23.2. The largest absolute Gasteiger partial charge is 0.331 e. The minimum absolute atomic E-state index is 0.00901. The highest BCUT2D eigenvalue weighted by atomic mass is 19.1. The molecule has 0 heterocycles. The molecule has 33 heavy (non-hydrogen) atoms. The van der Waals surface area contributed by atoms with Crippen LogP contribution in [0.3, 0.4) is 0 Å². The minimum Gasteiger partial charge on any atom is -0.331 e. The lowest BCUT2D eigenvalue weighted by Gasteiger charge is -2.36. The molecule has 0 saturated heterocycles. The van der Waals surface area contributed by atoms with Gasteiger partial charge < -0.3 is 16.0 Å². The standard InChI is InChI=1S/C27H28FN3O2/c28-22-10-5-9-21(17-22)26(32)30-24-11-4-6-19(16-24)18-31(25-14-12-23(29)13-15-25)27(33)20-7-2-1-3-8-20/h1-11,16-17,23,25H,12-15,18,29H2,(H,30,32). The molecule has 0 aromatic heterocycles. The van der Waals surface area contributed by atoms with Crippen molar-refractivity contribution in [1.29, 1.82) is 0 Å². The second kappa shape index (κ2) is 10.4. The van der Waals surface area contributed by atoms with Crippen LogP contribution in [-0.4, -0.2) is 28.8 Å². The van der Waals surface area contributed by atoms with E-state index >= 15 is 0 Å². The third-order valence-electron chi connectivity index (χ3n) is 6.09. The number of carbonyl (C=O) groups excluding carboxylic acids is 2. The minimum atomic E-state index is -0.460. The average molecular weight is 446 g/mol. The highest BCUT2D eigenvalue weighted by Crippen LogP contribution is 2.26. The molecular formula is C27H28FN3O2. The van der Waals surface area contributed by atoms with Crippen molar-refractivity contribution in [1.82, 2.24) is 4.90 Å². The van der Waals surface area contributed by atoms with Gasteiger partial charge in [0.25, 0.3) is 11.8 Å². The molecule has 5 nitrogen and oxygen atoms in total. The maximum Gasteiger partial charge on any atom is 0.255 e. The second-order valence-corrected chi connectivity index (χ2v) is 8.53. The summed E-state index contributed by atoms with van der Waals surface area (Å²) >= 11 is 0. The second-order valence-electron chi connectivity index (χ2n) is 8.53. The number of hydrogen-bond donors (Lipinski definition) is 2. The average Bonchev–Trinajstić information content (AvgIpc) is 2.83. The van der Waals surface area contributed by atoms with E-state index in [1.165, 1.54) is 18.2 Å². The molecule has 1 fully saturated rings. The highest BCUT2D eigenvalue weighted by molar-refractivity contribution is 6.04. The van der Waals surface area contributed by atoms with Gasteiger partial charge in [-0.05, 0) is 73.7 Å². The number of benzene rings is 3. The molecule has 0 bridgehead atoms. The quantitative estimate of drug-likeness (QED) is 0.561. The highest BCUT2D eigenvalue weighted by Gasteiger charge is 2.28. The molecule has 0 spiro atoms. The van der Waals surface area contributed by atoms with E-state index in [-0.39, 0.29) is 29.5 Å². The number of carbonyl (C=O) groups is 2. The molecule has 1 saturated carbocycles. The van der Waals surface area contributed by atoms with Gasteiger partial charge in [-0.1, -0.05) is 36.4 Å². The normalized spacial score (nSPS) is 17.9. The number of nitrogens with two attached hydrogens (primary N) is 1. The third kappa shape index (κ3) is 5.84. The molecule has 0 aliphatic heterocycles. The molecule has 3 aromatic carbocycles. The SMILES string of the molecule is NC1CCC(N(Cc2cccc(NC(=O)c3cccc(F)c3)c2)C(=O)c2ccccc2)CC1. The van der Waals surface area contributed by atoms with Crippen LogP contribution in [0.5, 0.6) is 0 Å². The summed E-state index contributed by atoms with van der Waals surface area (Å²) < 4.78 is 13.5. The smallest absolute Gasteiger partial charge is 0.255 e. The lowest BCUT2D eigenvalue weighted by molar-refractivity contribution is 0.0606. The molecule has 0 unspecified atom stereocenters. The maximum absolute atomic E-state index is 13.5. The van der Waals surface area contributed by atoms with Gasteiger partial charge in [0.05, 0.1) is 0 Å². The van der Waals surface area contributed by atoms with Crippen LogP contribution in [0.1, 0.15) is 52.0 Å². The number of nitrogens with one attached hydrogen (secondary N) is 1. The first kappa shape index (κ1) is 22.7. The van der Waals surface area contributed by atoms with E-state index in [2.05, 4.69) is 5.32 Å². The van der Waals surface area contributed by atoms with Gasteiger partial charge in [0, 0.05) is 35.4 Å². The van der Waals surface area contributed by atoms with Crippen LogP contribution in [0.25, 0.3) is 0 Å². The molecular weight excluding hydrogens is 417 g/mol. The Bertz CT molecular complexity index is 1110. The van der Waals surface area contributed by atoms with Crippen LogP contribution in [0, 0.1) is 5.82 Å². The van der Waals surface area contributed by atoms with Crippen molar-refractivity contribution < 1.29 is 14.0 Å². The molecule has 0 atom stereocenters. The van der Waals surface area contributed by atoms with Crippen molar-refractivity contribution in [2.75, 3.05) is 5.32 Å². The van der Waals surface area contributed by atoms with Crippen molar-refractivity contribution in [2.24, 2.45) is 5.73 Å². The van der Waals surface area contributed by atoms with E-state index in [9.17, 15) is 14.0 Å². The van der Waals surface area contributed by atoms with E-state index < -0.39 is 5.82 Å². The molecule has 6 heteroatoms. The Morgan fingerprint density at radius 1 is 0.879 bits per heavy atom. The van der Waals surface area contributed by atoms with Crippen LogP contribution in [0.2, 0.25) is 0 Å². The predicted molar refractivity (Wildman–Crippen MR) is 127 cm³/mol. The third-order valence-corrected chi connectivity index (χ3v) is 6.09. The molecule has 3 N–H and O–H groups in total. The van der Waals surface area contributed by atoms with E-state index in [0.717, 1.165) is 31.2 Å². The van der Waals surface area contributed by atoms with E-state index in [0.29, 0.717) is 17.8 Å². The lowest BCUT2D eigenvalue weighted by Crippen LogP contribution is -2.43. The zero-order valence-electron chi connectivity index (χ0n) is 18.4. The summed E-state index contributed by atoms with van der Waals surface area (Å²) in [6.45, 7) is 0.428. The summed E-state index contributed by atoms with van der Waals surface area (Å²) in [5.41, 5.74) is 8.50. The molecule has 0 radical (unpaired) electrons. The van der Waals surface area contributed by atoms with Crippen LogP contribution in [-0.2, 0) is 6.54 Å². The molecule has 170 valence electrons. The fourth-order valence-electron chi connectivity index (χ4n) is 4.30. The number of rotatable bonds is 6. The molecule has 1 aliphatic rings. The van der Waals surface area contributed by atoms with Gasteiger partial charge in [-0.25, -0.2) is 4.39 Å². The molecule has 4 rings (SSSR count). The maximum atomic E-state index is 13.5. The van der Waals surface area contributed by atoms with E-state index in [4.69, 9.17) is 5.73 Å². The van der Waals surface area contributed by atoms with Crippen molar-refractivity contribution in [3.8, 4) is 0 Å². The fourth-order valence-corrected chi connectivity index (χ4v) is 4.30. The van der Waals surface area contributed by atoms with Crippen LogP contribution in [0.15, 0.2) is 78.9 Å². The molecule has 3 aromatic rings. The van der Waals surface area contributed by atoms with Crippen LogP contribution < -0.4 is 11.1 Å². The summed E-state index contributed by atoms with van der Waals surface area (Å²) in [6, 6.07) is 22.6. The van der Waals surface area contributed by atoms with Gasteiger partial charge in [-0.2, -0.15) is 0 Å². The van der Waals surface area contributed by atoms with Gasteiger partial charge >= 0.3 is 0 Å². The fraction of sp³-hybridized carbons (Fsp3) is 0.259. The number of amides is 2. The Balaban J connectivity index is 1.53. The summed E-state index contributed by atoms with van der Waals surface area (Å²) in [5.74, 6) is -0.853. The van der Waals surface area contributed by atoms with Crippen LogP contribution in [0.4, 0.5) is 10.1 Å². The summed E-state index contributed by atoms with van der Waals surface area (Å²) in [5, 5.41) is 2.82. The Kier molecular flexibility index (Phi) is 7.15. The van der Waals surface area contributed by atoms with Gasteiger partial charge in [-0.15, -0.1) is 0 Å². The predicted octanol–water partition coefficient (Wildman–Crippen LogP) is 4.99.